The molecule has 0 spiro atoms. The lowest BCUT2D eigenvalue weighted by atomic mass is 10.4. The van der Waals surface area contributed by atoms with Gasteiger partial charge in [-0.25, -0.2) is 0 Å². The molecule has 0 aliphatic carbocycles. The highest BCUT2D eigenvalue weighted by molar-refractivity contribution is 4.58. The van der Waals surface area contributed by atoms with Crippen LogP contribution in [0.3, 0.4) is 0 Å². The van der Waals surface area contributed by atoms with E-state index in [9.17, 15) is 0 Å². The van der Waals surface area contributed by atoms with Gasteiger partial charge in [-0.05, 0) is 6.92 Å². The van der Waals surface area contributed by atoms with Gasteiger partial charge in [0.2, 0.25) is 0 Å². The smallest absolute Gasteiger partial charge is 0.0781 e. The molecule has 1 atom stereocenters. The minimum absolute atomic E-state index is 0.583. The van der Waals surface area contributed by atoms with Crippen LogP contribution in [0.2, 0.25) is 0 Å². The predicted molar refractivity (Wildman–Crippen MR) is 36.0 cm³/mol. The zero-order valence-electron chi connectivity index (χ0n) is 6.11. The molecule has 1 aliphatic rings. The number of hydrogen-bond acceptors (Lipinski definition) is 1. The average molecular weight is 116 g/mol. The molecule has 0 aromatic carbocycles. The molecule has 0 amide bonds. The minimum atomic E-state index is 0.583. The molecular weight excluding hydrogens is 100 g/mol. The maximum Gasteiger partial charge on any atom is 0.0781 e. The second kappa shape index (κ2) is 5.10. The molecular formula is C7H16O. The van der Waals surface area contributed by atoms with Crippen molar-refractivity contribution in [2.24, 2.45) is 0 Å². The van der Waals surface area contributed by atoms with Gasteiger partial charge in [-0.3, -0.25) is 0 Å². The molecule has 1 nitrogen and oxygen atoms in total. The van der Waals surface area contributed by atoms with Gasteiger partial charge in [-0.1, -0.05) is 26.7 Å². The molecule has 1 fully saturated rings. The second-order valence-electron chi connectivity index (χ2n) is 2.14. The van der Waals surface area contributed by atoms with E-state index in [4.69, 9.17) is 4.74 Å². The Morgan fingerprint density at radius 2 is 1.62 bits per heavy atom. The van der Waals surface area contributed by atoms with E-state index in [1.165, 1.54) is 12.8 Å². The molecule has 1 aliphatic heterocycles. The summed E-state index contributed by atoms with van der Waals surface area (Å²) in [5, 5.41) is 0. The van der Waals surface area contributed by atoms with E-state index in [2.05, 4.69) is 20.8 Å². The third-order valence-electron chi connectivity index (χ3n) is 1.000. The highest BCUT2D eigenvalue weighted by atomic mass is 16.6. The van der Waals surface area contributed by atoms with Crippen molar-refractivity contribution in [1.82, 2.24) is 0 Å². The Morgan fingerprint density at radius 1 is 1.38 bits per heavy atom. The first-order valence-corrected chi connectivity index (χ1v) is 3.42. The summed E-state index contributed by atoms with van der Waals surface area (Å²) in [5.74, 6) is 0. The summed E-state index contributed by atoms with van der Waals surface area (Å²) in [6.45, 7) is 7.40. The van der Waals surface area contributed by atoms with Crippen LogP contribution in [0.5, 0.6) is 0 Å². The van der Waals surface area contributed by atoms with Gasteiger partial charge in [0.05, 0.1) is 12.7 Å². The standard InChI is InChI=1S/C4H10.C3H6O/c1-3-4-2;1-3-2-4-3/h3-4H2,1-2H3;3H,2H2,1H3. The maximum atomic E-state index is 4.71. The molecule has 1 rings (SSSR count). The van der Waals surface area contributed by atoms with Gasteiger partial charge < -0.3 is 4.74 Å². The lowest BCUT2D eigenvalue weighted by Crippen LogP contribution is -1.60. The Bertz CT molecular complexity index is 37.7. The number of rotatable bonds is 1. The summed E-state index contributed by atoms with van der Waals surface area (Å²) in [5.41, 5.74) is 0. The average Bonchev–Trinajstić information content (AvgIpc) is 2.52. The Balaban J connectivity index is 0.000000122. The van der Waals surface area contributed by atoms with Gasteiger partial charge in [0, 0.05) is 0 Å². The molecule has 1 heterocycles. The monoisotopic (exact) mass is 116 g/mol. The number of epoxide rings is 1. The van der Waals surface area contributed by atoms with E-state index < -0.39 is 0 Å². The first-order valence-electron chi connectivity index (χ1n) is 3.42. The van der Waals surface area contributed by atoms with Crippen LogP contribution in [0.4, 0.5) is 0 Å². The van der Waals surface area contributed by atoms with Gasteiger partial charge in [0.15, 0.2) is 0 Å². The van der Waals surface area contributed by atoms with Crippen molar-refractivity contribution < 1.29 is 4.74 Å². The molecule has 0 bridgehead atoms. The molecule has 1 heteroatoms. The topological polar surface area (TPSA) is 12.5 Å². The van der Waals surface area contributed by atoms with Crippen molar-refractivity contribution in [3.63, 3.8) is 0 Å². The van der Waals surface area contributed by atoms with E-state index in [0.717, 1.165) is 6.61 Å². The Morgan fingerprint density at radius 3 is 1.62 bits per heavy atom. The van der Waals surface area contributed by atoms with Gasteiger partial charge in [-0.15, -0.1) is 0 Å². The molecule has 0 saturated carbocycles. The predicted octanol–water partition coefficient (Wildman–Crippen LogP) is 2.21. The summed E-state index contributed by atoms with van der Waals surface area (Å²) >= 11 is 0. The molecule has 50 valence electrons. The zero-order valence-corrected chi connectivity index (χ0v) is 6.11. The lowest BCUT2D eigenvalue weighted by molar-refractivity contribution is 0.423. The third kappa shape index (κ3) is 9.35. The molecule has 8 heavy (non-hydrogen) atoms. The first kappa shape index (κ1) is 7.96. The SMILES string of the molecule is CC1CO1.CCCC. The van der Waals surface area contributed by atoms with Crippen molar-refractivity contribution >= 4 is 0 Å². The largest absolute Gasteiger partial charge is 0.373 e. The van der Waals surface area contributed by atoms with Crippen LogP contribution in [0, 0.1) is 0 Å². The van der Waals surface area contributed by atoms with E-state index in [1.54, 1.807) is 0 Å². The van der Waals surface area contributed by atoms with Crippen LogP contribution in [0.15, 0.2) is 0 Å². The lowest BCUT2D eigenvalue weighted by Gasteiger charge is -1.68. The molecule has 1 unspecified atom stereocenters. The number of ether oxygens (including phenoxy) is 1. The highest BCUT2D eigenvalue weighted by Gasteiger charge is 2.13. The Hall–Kier alpha value is -0.0400. The summed E-state index contributed by atoms with van der Waals surface area (Å²) in [6.07, 6.45) is 3.22. The molecule has 0 aromatic rings. The first-order chi connectivity index (χ1) is 3.81. The van der Waals surface area contributed by atoms with Crippen LogP contribution in [-0.4, -0.2) is 12.7 Å². The van der Waals surface area contributed by atoms with Crippen molar-refractivity contribution in [2.75, 3.05) is 6.61 Å². The third-order valence-corrected chi connectivity index (χ3v) is 1.000. The fourth-order valence-corrected chi connectivity index (χ4v) is 0.0962. The van der Waals surface area contributed by atoms with Crippen molar-refractivity contribution in [3.05, 3.63) is 0 Å². The Labute approximate surface area is 52.0 Å². The summed E-state index contributed by atoms with van der Waals surface area (Å²) < 4.78 is 4.71. The van der Waals surface area contributed by atoms with Crippen LogP contribution in [0.1, 0.15) is 33.6 Å². The summed E-state index contributed by atoms with van der Waals surface area (Å²) in [6, 6.07) is 0. The van der Waals surface area contributed by atoms with Crippen LogP contribution in [-0.2, 0) is 4.74 Å². The summed E-state index contributed by atoms with van der Waals surface area (Å²) in [7, 11) is 0. The van der Waals surface area contributed by atoms with E-state index in [0.29, 0.717) is 6.10 Å². The van der Waals surface area contributed by atoms with Gasteiger partial charge >= 0.3 is 0 Å². The van der Waals surface area contributed by atoms with Crippen molar-refractivity contribution in [1.29, 1.82) is 0 Å². The minimum Gasteiger partial charge on any atom is -0.373 e. The van der Waals surface area contributed by atoms with Crippen molar-refractivity contribution in [2.45, 2.75) is 39.7 Å². The van der Waals surface area contributed by atoms with Gasteiger partial charge in [-0.2, -0.15) is 0 Å². The fourth-order valence-electron chi connectivity index (χ4n) is 0.0962. The molecule has 1 saturated heterocycles. The number of hydrogen-bond donors (Lipinski definition) is 0. The highest BCUT2D eigenvalue weighted by Crippen LogP contribution is 2.04. The maximum absolute atomic E-state index is 4.71. The fraction of sp³-hybridized carbons (Fsp3) is 1.00. The molecule has 0 radical (unpaired) electrons. The normalized spacial score (nSPS) is 23.6. The quantitative estimate of drug-likeness (QED) is 0.478. The molecule has 0 aromatic heterocycles. The van der Waals surface area contributed by atoms with Gasteiger partial charge in [0.25, 0.3) is 0 Å². The van der Waals surface area contributed by atoms with E-state index in [1.807, 2.05) is 0 Å². The van der Waals surface area contributed by atoms with E-state index in [-0.39, 0.29) is 0 Å². The molecule has 0 N–H and O–H groups in total. The van der Waals surface area contributed by atoms with Crippen molar-refractivity contribution in [3.8, 4) is 0 Å². The van der Waals surface area contributed by atoms with Crippen LogP contribution >= 0.6 is 0 Å². The van der Waals surface area contributed by atoms with Gasteiger partial charge in [0.1, 0.15) is 0 Å². The van der Waals surface area contributed by atoms with Crippen LogP contribution in [0.25, 0.3) is 0 Å². The number of unbranched alkanes of at least 4 members (excludes halogenated alkanes) is 1. The van der Waals surface area contributed by atoms with E-state index >= 15 is 0 Å². The second-order valence-corrected chi connectivity index (χ2v) is 2.14. The van der Waals surface area contributed by atoms with Crippen LogP contribution < -0.4 is 0 Å². The summed E-state index contributed by atoms with van der Waals surface area (Å²) in [4.78, 5) is 0. The zero-order chi connectivity index (χ0) is 6.41. The Kier molecular flexibility index (Phi) is 5.08.